The highest BCUT2D eigenvalue weighted by molar-refractivity contribution is 6.06. The van der Waals surface area contributed by atoms with Crippen LogP contribution in [0.1, 0.15) is 52.7 Å². The molecule has 0 atom stereocenters. The zero-order valence-electron chi connectivity index (χ0n) is 37.7. The fourth-order valence-corrected chi connectivity index (χ4v) is 9.99. The lowest BCUT2D eigenvalue weighted by molar-refractivity contribution is 0.125. The van der Waals surface area contributed by atoms with Crippen LogP contribution < -0.4 is 4.90 Å². The second-order valence-electron chi connectivity index (χ2n) is 18.9. The molecular formula is C60H50N4O. The molecule has 5 heteroatoms. The molecule has 10 aromatic rings. The molecule has 0 amide bonds. The number of fused-ring (bicyclic) bond motifs is 4. The third-order valence-electron chi connectivity index (χ3n) is 14.8. The molecule has 0 saturated carbocycles. The molecule has 11 rings (SSSR count). The highest BCUT2D eigenvalue weighted by atomic mass is 16.3. The monoisotopic (exact) mass is 842 g/mol. The largest absolute Gasteiger partial charge is 0.456 e. The first-order valence-corrected chi connectivity index (χ1v) is 22.5. The molecule has 5 nitrogen and oxygen atoms in total. The van der Waals surface area contributed by atoms with Gasteiger partial charge in [-0.05, 0) is 92.6 Å². The Hall–Kier alpha value is -7.63. The summed E-state index contributed by atoms with van der Waals surface area (Å²) in [5, 5.41) is 2.20. The van der Waals surface area contributed by atoms with Crippen molar-refractivity contribution in [1.29, 1.82) is 0 Å². The van der Waals surface area contributed by atoms with Crippen molar-refractivity contribution in [1.82, 2.24) is 15.0 Å². The van der Waals surface area contributed by atoms with E-state index >= 15 is 0 Å². The lowest BCUT2D eigenvalue weighted by Gasteiger charge is -2.44. The van der Waals surface area contributed by atoms with E-state index < -0.39 is 0 Å². The number of anilines is 3. The molecule has 65 heavy (non-hydrogen) atoms. The van der Waals surface area contributed by atoms with Gasteiger partial charge in [0.2, 0.25) is 0 Å². The molecule has 0 bridgehead atoms. The summed E-state index contributed by atoms with van der Waals surface area (Å²) in [4.78, 5) is 17.7. The van der Waals surface area contributed by atoms with E-state index in [1.165, 1.54) is 11.1 Å². The van der Waals surface area contributed by atoms with Crippen molar-refractivity contribution in [3.05, 3.63) is 205 Å². The van der Waals surface area contributed by atoms with Crippen LogP contribution in [0, 0.1) is 5.41 Å². The van der Waals surface area contributed by atoms with Gasteiger partial charge >= 0.3 is 0 Å². The van der Waals surface area contributed by atoms with Gasteiger partial charge in [0.1, 0.15) is 11.2 Å². The Morgan fingerprint density at radius 3 is 1.52 bits per heavy atom. The van der Waals surface area contributed by atoms with E-state index in [2.05, 4.69) is 192 Å². The second kappa shape index (κ2) is 15.3. The van der Waals surface area contributed by atoms with E-state index in [9.17, 15) is 0 Å². The SMILES string of the molecule is CC1(C)c2cc(-c3cccc(-c4nc(-c5ccccc5)nc(-c5ccccc5)n4)c3)c(N(c3cccc(-c4ccccc4)c3)c3ccc4c(c3)oc3ccccc34)cc2C(C)(C)C1(C)C. The average Bonchev–Trinajstić information content (AvgIpc) is 3.76. The van der Waals surface area contributed by atoms with Gasteiger partial charge in [-0.3, -0.25) is 0 Å². The third-order valence-corrected chi connectivity index (χ3v) is 14.8. The molecule has 0 unspecified atom stereocenters. The smallest absolute Gasteiger partial charge is 0.164 e. The predicted molar refractivity (Wildman–Crippen MR) is 269 cm³/mol. The third kappa shape index (κ3) is 6.64. The Balaban J connectivity index is 1.17. The molecule has 0 spiro atoms. The zero-order valence-corrected chi connectivity index (χ0v) is 37.7. The van der Waals surface area contributed by atoms with Crippen LogP contribution in [0.15, 0.2) is 199 Å². The number of furan rings is 1. The number of nitrogens with zero attached hydrogens (tertiary/aromatic N) is 4. The zero-order chi connectivity index (χ0) is 44.5. The normalized spacial score (nSPS) is 14.7. The molecule has 2 heterocycles. The summed E-state index contributed by atoms with van der Waals surface area (Å²) in [5.74, 6) is 1.89. The van der Waals surface area contributed by atoms with Crippen LogP contribution in [-0.2, 0) is 10.8 Å². The van der Waals surface area contributed by atoms with Crippen LogP contribution in [0.4, 0.5) is 17.1 Å². The first kappa shape index (κ1) is 40.2. The molecule has 0 radical (unpaired) electrons. The molecule has 316 valence electrons. The van der Waals surface area contributed by atoms with Crippen LogP contribution >= 0.6 is 0 Å². The molecule has 0 aliphatic heterocycles. The fraction of sp³-hybridized carbons (Fsp3) is 0.150. The Morgan fingerprint density at radius 2 is 0.862 bits per heavy atom. The minimum absolute atomic E-state index is 0.0577. The lowest BCUT2D eigenvalue weighted by atomic mass is 9.59. The first-order chi connectivity index (χ1) is 31.5. The summed E-state index contributed by atoms with van der Waals surface area (Å²) in [6.45, 7) is 14.5. The highest BCUT2D eigenvalue weighted by Gasteiger charge is 2.57. The topological polar surface area (TPSA) is 55.1 Å². The highest BCUT2D eigenvalue weighted by Crippen LogP contribution is 2.63. The predicted octanol–water partition coefficient (Wildman–Crippen LogP) is 16.2. The van der Waals surface area contributed by atoms with E-state index in [-0.39, 0.29) is 16.2 Å². The maximum Gasteiger partial charge on any atom is 0.164 e. The van der Waals surface area contributed by atoms with E-state index in [1.807, 2.05) is 48.5 Å². The van der Waals surface area contributed by atoms with Crippen molar-refractivity contribution in [2.75, 3.05) is 4.90 Å². The minimum atomic E-state index is -0.145. The van der Waals surface area contributed by atoms with Crippen LogP contribution in [0.25, 0.3) is 78.4 Å². The molecular weight excluding hydrogens is 793 g/mol. The van der Waals surface area contributed by atoms with Gasteiger partial charge in [0.25, 0.3) is 0 Å². The quantitative estimate of drug-likeness (QED) is 0.153. The Morgan fingerprint density at radius 1 is 0.369 bits per heavy atom. The molecule has 0 N–H and O–H groups in total. The van der Waals surface area contributed by atoms with E-state index in [4.69, 9.17) is 19.4 Å². The molecule has 1 aliphatic rings. The molecule has 2 aromatic heterocycles. The van der Waals surface area contributed by atoms with Gasteiger partial charge in [0.15, 0.2) is 17.5 Å². The van der Waals surface area contributed by atoms with Gasteiger partial charge in [0, 0.05) is 50.5 Å². The van der Waals surface area contributed by atoms with Gasteiger partial charge in [-0.15, -0.1) is 0 Å². The van der Waals surface area contributed by atoms with Crippen LogP contribution in [-0.4, -0.2) is 15.0 Å². The summed E-state index contributed by atoms with van der Waals surface area (Å²) in [5.41, 5.74) is 14.5. The van der Waals surface area contributed by atoms with E-state index in [1.54, 1.807) is 0 Å². The maximum atomic E-state index is 6.59. The number of aromatic nitrogens is 3. The maximum absolute atomic E-state index is 6.59. The van der Waals surface area contributed by atoms with Crippen molar-refractivity contribution in [2.24, 2.45) is 5.41 Å². The number of rotatable bonds is 8. The molecule has 8 aromatic carbocycles. The number of benzene rings is 8. The second-order valence-corrected chi connectivity index (χ2v) is 18.9. The lowest BCUT2D eigenvalue weighted by Crippen LogP contribution is -2.42. The Kier molecular flexibility index (Phi) is 9.44. The number of hydrogen-bond acceptors (Lipinski definition) is 5. The number of para-hydroxylation sites is 1. The van der Waals surface area contributed by atoms with Crippen LogP contribution in [0.2, 0.25) is 0 Å². The first-order valence-electron chi connectivity index (χ1n) is 22.5. The van der Waals surface area contributed by atoms with Gasteiger partial charge in [-0.2, -0.15) is 0 Å². The van der Waals surface area contributed by atoms with Crippen molar-refractivity contribution in [3.8, 4) is 56.4 Å². The minimum Gasteiger partial charge on any atom is -0.456 e. The fourth-order valence-electron chi connectivity index (χ4n) is 9.99. The summed E-state index contributed by atoms with van der Waals surface area (Å²) < 4.78 is 6.59. The van der Waals surface area contributed by atoms with Crippen molar-refractivity contribution < 1.29 is 4.42 Å². The summed E-state index contributed by atoms with van der Waals surface area (Å²) in [6, 6.07) is 68.5. The van der Waals surface area contributed by atoms with Crippen LogP contribution in [0.3, 0.4) is 0 Å². The molecule has 0 fully saturated rings. The number of hydrogen-bond donors (Lipinski definition) is 0. The van der Waals surface area contributed by atoms with Gasteiger partial charge in [-0.1, -0.05) is 181 Å². The van der Waals surface area contributed by atoms with Crippen molar-refractivity contribution in [2.45, 2.75) is 52.4 Å². The van der Waals surface area contributed by atoms with Gasteiger partial charge in [-0.25, -0.2) is 15.0 Å². The summed E-state index contributed by atoms with van der Waals surface area (Å²) in [7, 11) is 0. The van der Waals surface area contributed by atoms with E-state index in [0.717, 1.165) is 77.9 Å². The molecule has 0 saturated heterocycles. The molecule has 1 aliphatic carbocycles. The van der Waals surface area contributed by atoms with Gasteiger partial charge in [0.05, 0.1) is 5.69 Å². The Labute approximate surface area is 381 Å². The standard InChI is InChI=1S/C60H50N4O/c1-58(2)50-37-49(43-27-18-28-44(34-43)57-62-55(40-22-12-8-13-23-40)61-56(63-57)41-24-14-9-15-25-41)52(38-51(50)59(3,4)60(58,5)6)64(45-29-19-26-42(35-45)39-20-10-7-11-21-39)46-32-33-48-47-30-16-17-31-53(47)65-54(48)36-46/h7-38H,1-6H3. The van der Waals surface area contributed by atoms with Crippen LogP contribution in [0.5, 0.6) is 0 Å². The van der Waals surface area contributed by atoms with Gasteiger partial charge < -0.3 is 9.32 Å². The summed E-state index contributed by atoms with van der Waals surface area (Å²) >= 11 is 0. The average molecular weight is 843 g/mol. The van der Waals surface area contributed by atoms with Crippen molar-refractivity contribution >= 4 is 39.0 Å². The van der Waals surface area contributed by atoms with E-state index in [0.29, 0.717) is 17.5 Å². The Bertz CT molecular complexity index is 3350. The van der Waals surface area contributed by atoms with Crippen molar-refractivity contribution in [3.63, 3.8) is 0 Å². The summed E-state index contributed by atoms with van der Waals surface area (Å²) in [6.07, 6.45) is 0.